The largest absolute Gasteiger partial charge is 0.394 e. The molecule has 1 saturated carbocycles. The van der Waals surface area contributed by atoms with Crippen molar-refractivity contribution in [3.63, 3.8) is 0 Å². The van der Waals surface area contributed by atoms with Crippen molar-refractivity contribution in [2.45, 2.75) is 114 Å². The quantitative estimate of drug-likeness (QED) is 0.179. The van der Waals surface area contributed by atoms with E-state index in [1.807, 2.05) is 6.92 Å². The van der Waals surface area contributed by atoms with Crippen LogP contribution in [-0.2, 0) is 23.7 Å². The molecule has 2 heterocycles. The number of aliphatic hydroxyl groups is 7. The molecule has 1 aliphatic carbocycles. The molecule has 7 N–H and O–H groups in total. The summed E-state index contributed by atoms with van der Waals surface area (Å²) in [5.41, 5.74) is 0. The standard InChI is InChI=1S/C23H42O12/c1-4-5-31-22-20(29)19(28)17(26)15(35-22)9-32-12-6-10(2)11(3)7-13(12)33-23-21(30)18(27)16(25)14(8-24)34-23/h10-30H,4-9H2,1-3H3/t10?,11-,12-,13?,14?,15?,16+,17+,18-,19-,20?,21?,22-,23-/m0/s1. The van der Waals surface area contributed by atoms with Crippen LogP contribution in [0.4, 0.5) is 0 Å². The Bertz CT molecular complexity index is 638. The van der Waals surface area contributed by atoms with E-state index in [0.29, 0.717) is 25.9 Å². The van der Waals surface area contributed by atoms with Crippen molar-refractivity contribution in [3.8, 4) is 0 Å². The minimum atomic E-state index is -1.55. The first-order valence-corrected chi connectivity index (χ1v) is 12.5. The van der Waals surface area contributed by atoms with Crippen LogP contribution in [0.3, 0.4) is 0 Å². The second kappa shape index (κ2) is 12.9. The lowest BCUT2D eigenvalue weighted by molar-refractivity contribution is -0.327. The lowest BCUT2D eigenvalue weighted by atomic mass is 9.78. The van der Waals surface area contributed by atoms with Crippen LogP contribution in [0.1, 0.15) is 40.0 Å². The average molecular weight is 511 g/mol. The molecule has 3 aliphatic rings. The van der Waals surface area contributed by atoms with Crippen molar-refractivity contribution in [2.24, 2.45) is 11.8 Å². The highest BCUT2D eigenvalue weighted by molar-refractivity contribution is 4.93. The minimum absolute atomic E-state index is 0.114. The van der Waals surface area contributed by atoms with Gasteiger partial charge in [0.2, 0.25) is 0 Å². The molecule has 206 valence electrons. The third kappa shape index (κ3) is 6.70. The van der Waals surface area contributed by atoms with Gasteiger partial charge in [0.1, 0.15) is 48.8 Å². The molecular weight excluding hydrogens is 468 g/mol. The maximum atomic E-state index is 10.4. The van der Waals surface area contributed by atoms with Crippen LogP contribution in [0.5, 0.6) is 0 Å². The Kier molecular flexibility index (Phi) is 10.7. The first-order valence-electron chi connectivity index (χ1n) is 12.5. The molecule has 12 nitrogen and oxygen atoms in total. The number of aliphatic hydroxyl groups excluding tert-OH is 7. The van der Waals surface area contributed by atoms with Crippen LogP contribution in [0.15, 0.2) is 0 Å². The van der Waals surface area contributed by atoms with Gasteiger partial charge in [-0.15, -0.1) is 0 Å². The van der Waals surface area contributed by atoms with E-state index in [9.17, 15) is 35.7 Å². The van der Waals surface area contributed by atoms with E-state index < -0.39 is 80.2 Å². The molecular formula is C23H42O12. The lowest BCUT2D eigenvalue weighted by Gasteiger charge is -2.45. The molecule has 0 amide bonds. The molecule has 0 aromatic heterocycles. The van der Waals surface area contributed by atoms with Crippen LogP contribution in [0, 0.1) is 11.8 Å². The summed E-state index contributed by atoms with van der Waals surface area (Å²) in [5, 5.41) is 70.7. The van der Waals surface area contributed by atoms with E-state index in [1.165, 1.54) is 0 Å². The summed E-state index contributed by atoms with van der Waals surface area (Å²) in [6, 6.07) is 0. The molecule has 2 saturated heterocycles. The normalized spacial score (nSPS) is 49.2. The van der Waals surface area contributed by atoms with Crippen molar-refractivity contribution in [1.82, 2.24) is 0 Å². The Balaban J connectivity index is 1.66. The highest BCUT2D eigenvalue weighted by Gasteiger charge is 2.48. The summed E-state index contributed by atoms with van der Waals surface area (Å²) in [6.07, 6.45) is -12.5. The van der Waals surface area contributed by atoms with Gasteiger partial charge in [0.15, 0.2) is 12.6 Å². The lowest BCUT2D eigenvalue weighted by Crippen LogP contribution is -2.61. The van der Waals surface area contributed by atoms with E-state index in [0.717, 1.165) is 0 Å². The molecule has 12 heteroatoms. The van der Waals surface area contributed by atoms with E-state index in [1.54, 1.807) is 0 Å². The van der Waals surface area contributed by atoms with Gasteiger partial charge in [-0.1, -0.05) is 20.8 Å². The van der Waals surface area contributed by atoms with Crippen LogP contribution in [0.25, 0.3) is 0 Å². The van der Waals surface area contributed by atoms with Gasteiger partial charge >= 0.3 is 0 Å². The predicted octanol–water partition coefficient (Wildman–Crippen LogP) is -2.14. The zero-order chi connectivity index (χ0) is 25.9. The van der Waals surface area contributed by atoms with Gasteiger partial charge in [0, 0.05) is 6.61 Å². The third-order valence-electron chi connectivity index (χ3n) is 7.38. The zero-order valence-electron chi connectivity index (χ0n) is 20.5. The van der Waals surface area contributed by atoms with Crippen LogP contribution in [0.2, 0.25) is 0 Å². The molecule has 0 aromatic carbocycles. The summed E-state index contributed by atoms with van der Waals surface area (Å²) < 4.78 is 28.7. The van der Waals surface area contributed by atoms with Crippen molar-refractivity contribution >= 4 is 0 Å². The molecule has 0 aromatic rings. The van der Waals surface area contributed by atoms with Crippen LogP contribution < -0.4 is 0 Å². The molecule has 3 fully saturated rings. The summed E-state index contributed by atoms with van der Waals surface area (Å²) >= 11 is 0. The van der Waals surface area contributed by atoms with Crippen LogP contribution in [-0.4, -0.2) is 129 Å². The summed E-state index contributed by atoms with van der Waals surface area (Å²) in [5.74, 6) is 0.532. The van der Waals surface area contributed by atoms with Crippen molar-refractivity contribution < 1.29 is 59.4 Å². The highest BCUT2D eigenvalue weighted by Crippen LogP contribution is 2.36. The monoisotopic (exact) mass is 510 g/mol. The maximum Gasteiger partial charge on any atom is 0.187 e. The Labute approximate surface area is 205 Å². The molecule has 0 radical (unpaired) electrons. The van der Waals surface area contributed by atoms with Crippen molar-refractivity contribution in [2.75, 3.05) is 19.8 Å². The molecule has 0 bridgehead atoms. The Hall–Kier alpha value is -0.480. The first kappa shape index (κ1) is 29.1. The second-order valence-corrected chi connectivity index (χ2v) is 10.1. The van der Waals surface area contributed by atoms with E-state index in [4.69, 9.17) is 23.7 Å². The number of hydrogen-bond donors (Lipinski definition) is 7. The van der Waals surface area contributed by atoms with Gasteiger partial charge in [-0.2, -0.15) is 0 Å². The molecule has 6 unspecified atom stereocenters. The summed E-state index contributed by atoms with van der Waals surface area (Å²) in [6.45, 7) is 5.66. The maximum absolute atomic E-state index is 10.4. The Morgan fingerprint density at radius 1 is 0.686 bits per heavy atom. The Morgan fingerprint density at radius 2 is 1.23 bits per heavy atom. The first-order chi connectivity index (χ1) is 16.6. The molecule has 35 heavy (non-hydrogen) atoms. The highest BCUT2D eigenvalue weighted by atomic mass is 16.7. The van der Waals surface area contributed by atoms with Crippen molar-refractivity contribution in [1.29, 1.82) is 0 Å². The number of ether oxygens (including phenoxy) is 5. The fraction of sp³-hybridized carbons (Fsp3) is 1.00. The molecule has 2 aliphatic heterocycles. The zero-order valence-corrected chi connectivity index (χ0v) is 20.5. The van der Waals surface area contributed by atoms with Gasteiger partial charge in [-0.05, 0) is 31.1 Å². The topological polar surface area (TPSA) is 188 Å². The predicted molar refractivity (Wildman–Crippen MR) is 119 cm³/mol. The summed E-state index contributed by atoms with van der Waals surface area (Å²) in [7, 11) is 0. The van der Waals surface area contributed by atoms with Crippen molar-refractivity contribution in [3.05, 3.63) is 0 Å². The SMILES string of the molecule is CCCO[C@H]1OC(CO[C@H]2CC(C)[C@@H](C)CC2O[C@H]2OC(CO)[C@@H](O)[C@H](O)C2O)[C@@H](O)[C@H](O)C1O. The minimum Gasteiger partial charge on any atom is -0.394 e. The number of rotatable bonds is 9. The van der Waals surface area contributed by atoms with E-state index in [-0.39, 0.29) is 18.4 Å². The Morgan fingerprint density at radius 3 is 1.83 bits per heavy atom. The molecule has 0 spiro atoms. The third-order valence-corrected chi connectivity index (χ3v) is 7.38. The van der Waals surface area contributed by atoms with E-state index >= 15 is 0 Å². The van der Waals surface area contributed by atoms with Gasteiger partial charge < -0.3 is 59.4 Å². The smallest absolute Gasteiger partial charge is 0.187 e. The average Bonchev–Trinajstić information content (AvgIpc) is 2.84. The van der Waals surface area contributed by atoms with Gasteiger partial charge in [-0.3, -0.25) is 0 Å². The second-order valence-electron chi connectivity index (χ2n) is 10.1. The van der Waals surface area contributed by atoms with E-state index in [2.05, 4.69) is 13.8 Å². The number of hydrogen-bond acceptors (Lipinski definition) is 12. The van der Waals surface area contributed by atoms with Gasteiger partial charge in [-0.25, -0.2) is 0 Å². The van der Waals surface area contributed by atoms with Gasteiger partial charge in [0.25, 0.3) is 0 Å². The fourth-order valence-corrected chi connectivity index (χ4v) is 4.82. The molecule has 3 rings (SSSR count). The summed E-state index contributed by atoms with van der Waals surface area (Å²) in [4.78, 5) is 0. The van der Waals surface area contributed by atoms with Gasteiger partial charge in [0.05, 0.1) is 25.4 Å². The fourth-order valence-electron chi connectivity index (χ4n) is 4.82. The van der Waals surface area contributed by atoms with Crippen LogP contribution >= 0.6 is 0 Å². The molecule has 14 atom stereocenters.